The minimum atomic E-state index is 0.0926. The van der Waals surface area contributed by atoms with Crippen molar-refractivity contribution in [2.45, 2.75) is 12.3 Å². The molecule has 0 bridgehead atoms. The minimum Gasteiger partial charge on any atom is -0.394 e. The molecular formula is C5H9N3OS. The van der Waals surface area contributed by atoms with E-state index in [0.717, 1.165) is 5.69 Å². The number of rotatable bonds is 3. The second-order valence-electron chi connectivity index (χ2n) is 1.85. The van der Waals surface area contributed by atoms with Gasteiger partial charge in [-0.3, -0.25) is 0 Å². The summed E-state index contributed by atoms with van der Waals surface area (Å²) < 4.78 is 1.59. The average molecular weight is 159 g/mol. The lowest BCUT2D eigenvalue weighted by atomic mass is 10.5. The van der Waals surface area contributed by atoms with Crippen molar-refractivity contribution in [1.29, 1.82) is 0 Å². The van der Waals surface area contributed by atoms with Gasteiger partial charge in [0.1, 0.15) is 0 Å². The summed E-state index contributed by atoms with van der Waals surface area (Å²) >= 11 is 4.01. The molecule has 1 heterocycles. The Labute approximate surface area is 64.3 Å². The van der Waals surface area contributed by atoms with Crippen molar-refractivity contribution < 1.29 is 5.11 Å². The highest BCUT2D eigenvalue weighted by atomic mass is 32.1. The zero-order valence-corrected chi connectivity index (χ0v) is 6.33. The van der Waals surface area contributed by atoms with Gasteiger partial charge in [0.05, 0.1) is 18.8 Å². The lowest BCUT2D eigenvalue weighted by Gasteiger charge is -1.91. The third kappa shape index (κ3) is 1.71. The average Bonchev–Trinajstić information content (AvgIpc) is 2.37. The molecule has 0 aliphatic heterocycles. The van der Waals surface area contributed by atoms with Crippen LogP contribution in [0.2, 0.25) is 0 Å². The molecule has 0 radical (unpaired) electrons. The fourth-order valence-electron chi connectivity index (χ4n) is 0.623. The van der Waals surface area contributed by atoms with Crippen LogP contribution in [0, 0.1) is 0 Å². The first kappa shape index (κ1) is 7.56. The van der Waals surface area contributed by atoms with E-state index in [2.05, 4.69) is 22.9 Å². The summed E-state index contributed by atoms with van der Waals surface area (Å²) in [5.41, 5.74) is 0.830. The first-order valence-electron chi connectivity index (χ1n) is 2.97. The predicted octanol–water partition coefficient (Wildman–Crippen LogP) is -0.300. The van der Waals surface area contributed by atoms with Crippen molar-refractivity contribution in [3.63, 3.8) is 0 Å². The normalized spacial score (nSPS) is 10.2. The van der Waals surface area contributed by atoms with Crippen LogP contribution in [0.25, 0.3) is 0 Å². The molecule has 0 amide bonds. The van der Waals surface area contributed by atoms with Crippen molar-refractivity contribution in [2.75, 3.05) is 6.61 Å². The number of nitrogens with zero attached hydrogens (tertiary/aromatic N) is 3. The molecule has 0 saturated heterocycles. The standard InChI is InChI=1S/C5H9N3OS/c9-2-1-8-3-5(4-10)6-7-8/h3,9-10H,1-2,4H2. The SMILES string of the molecule is OCCn1cc(CS)nn1. The molecule has 4 nitrogen and oxygen atoms in total. The summed E-state index contributed by atoms with van der Waals surface area (Å²) in [7, 11) is 0. The van der Waals surface area contributed by atoms with Crippen molar-refractivity contribution in [3.8, 4) is 0 Å². The second-order valence-corrected chi connectivity index (χ2v) is 2.17. The number of thiol groups is 1. The van der Waals surface area contributed by atoms with E-state index in [9.17, 15) is 0 Å². The number of hydrogen-bond donors (Lipinski definition) is 2. The van der Waals surface area contributed by atoms with E-state index in [1.807, 2.05) is 0 Å². The molecule has 0 fully saturated rings. The number of aliphatic hydroxyl groups excluding tert-OH is 1. The number of aliphatic hydroxyl groups is 1. The summed E-state index contributed by atoms with van der Waals surface area (Å²) in [6, 6.07) is 0. The van der Waals surface area contributed by atoms with E-state index in [-0.39, 0.29) is 6.61 Å². The van der Waals surface area contributed by atoms with E-state index in [1.165, 1.54) is 0 Å². The van der Waals surface area contributed by atoms with E-state index in [4.69, 9.17) is 5.11 Å². The number of hydrogen-bond acceptors (Lipinski definition) is 4. The molecule has 5 heteroatoms. The molecule has 1 aromatic heterocycles. The highest BCUT2D eigenvalue weighted by molar-refractivity contribution is 7.79. The van der Waals surface area contributed by atoms with E-state index in [1.54, 1.807) is 10.9 Å². The van der Waals surface area contributed by atoms with Gasteiger partial charge >= 0.3 is 0 Å². The molecule has 1 rings (SSSR count). The molecule has 1 N–H and O–H groups in total. The molecule has 0 aliphatic carbocycles. The molecule has 0 spiro atoms. The monoisotopic (exact) mass is 159 g/mol. The van der Waals surface area contributed by atoms with Crippen LogP contribution < -0.4 is 0 Å². The van der Waals surface area contributed by atoms with Crippen molar-refractivity contribution in [3.05, 3.63) is 11.9 Å². The Balaban J connectivity index is 2.59. The van der Waals surface area contributed by atoms with Crippen LogP contribution >= 0.6 is 12.6 Å². The van der Waals surface area contributed by atoms with Crippen LogP contribution in [-0.4, -0.2) is 26.7 Å². The summed E-state index contributed by atoms with van der Waals surface area (Å²) in [6.07, 6.45) is 1.77. The van der Waals surface area contributed by atoms with Crippen molar-refractivity contribution >= 4 is 12.6 Å². The van der Waals surface area contributed by atoms with Gasteiger partial charge in [-0.05, 0) is 0 Å². The van der Waals surface area contributed by atoms with E-state index in [0.29, 0.717) is 12.3 Å². The Hall–Kier alpha value is -0.550. The fourth-order valence-corrected chi connectivity index (χ4v) is 0.768. The van der Waals surface area contributed by atoms with Gasteiger partial charge < -0.3 is 5.11 Å². The van der Waals surface area contributed by atoms with Crippen LogP contribution in [0.1, 0.15) is 5.69 Å². The van der Waals surface area contributed by atoms with Crippen molar-refractivity contribution in [1.82, 2.24) is 15.0 Å². The lowest BCUT2D eigenvalue weighted by molar-refractivity contribution is 0.268. The first-order chi connectivity index (χ1) is 4.86. The highest BCUT2D eigenvalue weighted by Crippen LogP contribution is 1.95. The Bertz CT molecular complexity index is 201. The molecule has 10 heavy (non-hydrogen) atoms. The van der Waals surface area contributed by atoms with Gasteiger partial charge in [0.15, 0.2) is 0 Å². The van der Waals surface area contributed by atoms with Crippen LogP contribution in [0.15, 0.2) is 6.20 Å². The van der Waals surface area contributed by atoms with Gasteiger partial charge in [0.25, 0.3) is 0 Å². The summed E-state index contributed by atoms with van der Waals surface area (Å²) in [4.78, 5) is 0. The van der Waals surface area contributed by atoms with Crippen LogP contribution in [0.4, 0.5) is 0 Å². The zero-order valence-electron chi connectivity index (χ0n) is 5.43. The van der Waals surface area contributed by atoms with E-state index >= 15 is 0 Å². The Morgan fingerprint density at radius 1 is 1.70 bits per heavy atom. The molecule has 0 aromatic carbocycles. The molecule has 0 saturated carbocycles. The predicted molar refractivity (Wildman–Crippen MR) is 39.8 cm³/mol. The molecular weight excluding hydrogens is 150 g/mol. The molecule has 0 atom stereocenters. The summed E-state index contributed by atoms with van der Waals surface area (Å²) in [5.74, 6) is 0.589. The van der Waals surface area contributed by atoms with Crippen molar-refractivity contribution in [2.24, 2.45) is 0 Å². The lowest BCUT2D eigenvalue weighted by Crippen LogP contribution is -2.01. The van der Waals surface area contributed by atoms with Gasteiger partial charge in [0, 0.05) is 11.9 Å². The van der Waals surface area contributed by atoms with Gasteiger partial charge in [0.2, 0.25) is 0 Å². The third-order valence-corrected chi connectivity index (χ3v) is 1.40. The second kappa shape index (κ2) is 3.58. The maximum atomic E-state index is 8.49. The van der Waals surface area contributed by atoms with Crippen LogP contribution in [0.3, 0.4) is 0 Å². The van der Waals surface area contributed by atoms with Crippen LogP contribution in [0.5, 0.6) is 0 Å². The quantitative estimate of drug-likeness (QED) is 0.595. The van der Waals surface area contributed by atoms with Gasteiger partial charge in [-0.15, -0.1) is 5.10 Å². The largest absolute Gasteiger partial charge is 0.394 e. The maximum absolute atomic E-state index is 8.49. The first-order valence-corrected chi connectivity index (χ1v) is 3.61. The smallest absolute Gasteiger partial charge is 0.0923 e. The maximum Gasteiger partial charge on any atom is 0.0923 e. The minimum absolute atomic E-state index is 0.0926. The van der Waals surface area contributed by atoms with Crippen LogP contribution in [-0.2, 0) is 12.3 Å². The summed E-state index contributed by atoms with van der Waals surface area (Å²) in [5, 5.41) is 16.0. The molecule has 56 valence electrons. The number of aromatic nitrogens is 3. The Kier molecular flexibility index (Phi) is 2.70. The molecule has 0 unspecified atom stereocenters. The topological polar surface area (TPSA) is 50.9 Å². The molecule has 1 aromatic rings. The zero-order chi connectivity index (χ0) is 7.40. The van der Waals surface area contributed by atoms with Gasteiger partial charge in [-0.2, -0.15) is 12.6 Å². The highest BCUT2D eigenvalue weighted by Gasteiger charge is 1.95. The third-order valence-electron chi connectivity index (χ3n) is 1.08. The molecule has 0 aliphatic rings. The Morgan fingerprint density at radius 3 is 3.00 bits per heavy atom. The van der Waals surface area contributed by atoms with E-state index < -0.39 is 0 Å². The summed E-state index contributed by atoms with van der Waals surface area (Å²) in [6.45, 7) is 0.593. The fraction of sp³-hybridized carbons (Fsp3) is 0.600. The van der Waals surface area contributed by atoms with Gasteiger partial charge in [-0.1, -0.05) is 5.21 Å². The van der Waals surface area contributed by atoms with Gasteiger partial charge in [-0.25, -0.2) is 4.68 Å². The Morgan fingerprint density at radius 2 is 2.50 bits per heavy atom.